The smallest absolute Gasteiger partial charge is 0.747 e. The van der Waals surface area contributed by atoms with Crippen molar-refractivity contribution in [3.63, 3.8) is 0 Å². The predicted molar refractivity (Wildman–Crippen MR) is 187 cm³/mol. The average Bonchev–Trinajstić information content (AvgIpc) is 3.40. The van der Waals surface area contributed by atoms with Crippen LogP contribution in [0.5, 0.6) is 0 Å². The van der Waals surface area contributed by atoms with Crippen molar-refractivity contribution in [1.29, 1.82) is 0 Å². The van der Waals surface area contributed by atoms with E-state index in [0.29, 0.717) is 35.6 Å². The number of rotatable bonds is 9. The number of nitrogens with zero attached hydrogens (tertiary/aromatic N) is 7. The summed E-state index contributed by atoms with van der Waals surface area (Å²) >= 11 is 0. The number of carbonyl (C=O) groups excluding carboxylic acids is 5. The normalized spacial score (nSPS) is 12.5. The van der Waals surface area contributed by atoms with E-state index in [0.717, 1.165) is 6.54 Å². The Balaban J connectivity index is 0.000000776. The van der Waals surface area contributed by atoms with Gasteiger partial charge in [0, 0.05) is 51.1 Å². The van der Waals surface area contributed by atoms with Gasteiger partial charge < -0.3 is 31.5 Å². The molecule has 0 radical (unpaired) electrons. The Hall–Kier alpha value is -5.50. The number of benzene rings is 3. The minimum Gasteiger partial charge on any atom is -0.747 e. The number of hydrogen-bond donors (Lipinski definition) is 4. The first-order valence-electron chi connectivity index (χ1n) is 15.1. The summed E-state index contributed by atoms with van der Waals surface area (Å²) in [5, 5.41) is 9.91. The zero-order valence-electron chi connectivity index (χ0n) is 29.2. The van der Waals surface area contributed by atoms with Crippen LogP contribution in [-0.4, -0.2) is 72.5 Å². The second kappa shape index (κ2) is 24.6. The summed E-state index contributed by atoms with van der Waals surface area (Å²) in [6.07, 6.45) is -0.881. The molecular formula is C31H36N11NaO9S. The zero-order valence-corrected chi connectivity index (χ0v) is 32.0. The van der Waals surface area contributed by atoms with Gasteiger partial charge in [-0.3, -0.25) is 19.2 Å². The van der Waals surface area contributed by atoms with Crippen molar-refractivity contribution in [3.05, 3.63) is 110 Å². The van der Waals surface area contributed by atoms with Crippen molar-refractivity contribution < 1.29 is 71.3 Å². The van der Waals surface area contributed by atoms with Gasteiger partial charge >= 0.3 is 35.5 Å². The number of hydrogen-bond acceptors (Lipinski definition) is 13. The Morgan fingerprint density at radius 3 is 1.55 bits per heavy atom. The Kier molecular flexibility index (Phi) is 22.1. The van der Waals surface area contributed by atoms with Gasteiger partial charge in [-0.2, -0.15) is 0 Å². The summed E-state index contributed by atoms with van der Waals surface area (Å²) in [4.78, 5) is 67.2. The van der Waals surface area contributed by atoms with Gasteiger partial charge in [0.25, 0.3) is 23.6 Å². The first-order valence-corrected chi connectivity index (χ1v) is 16.6. The van der Waals surface area contributed by atoms with Crippen molar-refractivity contribution >= 4 is 56.8 Å². The topological polar surface area (TPSA) is 329 Å². The quantitative estimate of drug-likeness (QED) is 0.0448. The molecule has 3 aromatic rings. The molecule has 0 bridgehead atoms. The van der Waals surface area contributed by atoms with Crippen LogP contribution in [0.25, 0.3) is 20.9 Å². The molecule has 1 aliphatic heterocycles. The Morgan fingerprint density at radius 2 is 1.21 bits per heavy atom. The van der Waals surface area contributed by atoms with E-state index in [2.05, 4.69) is 35.5 Å². The molecule has 0 spiro atoms. The standard InChI is InChI=1S/C11H8N4O7S.C9H10N4O.C9H12N2O.C2H7N.Na/c12-14-13-7-3-1-6(2-4-7)11(18)22-15-9(16)5-8(10(15)17)23(19,20)21;1-2-11-9(14)7-3-5-8(6-4-7)12-13-10;1-2-11-9(12)7-3-5-8(10)6-4-7;1-2-3;/h1-4,8H,5H2,(H,19,20,21);3-6H,2H2,1H3,(H,11,14);3-6H,2,10H2,1H3,(H,11,12);2-3H2,1H3;/q;;;;+1/p-1. The number of nitrogen functional groups attached to an aromatic ring is 1. The molecule has 276 valence electrons. The molecule has 22 heteroatoms. The van der Waals surface area contributed by atoms with Crippen LogP contribution < -0.4 is 51.7 Å². The Morgan fingerprint density at radius 1 is 0.830 bits per heavy atom. The minimum absolute atomic E-state index is 0. The SMILES string of the molecule is CCN.CCNC(=O)c1ccc(N)cc1.CCNC(=O)c1ccc(N=[N+]=[N-])cc1.[N-]=[N+]=Nc1ccc(C(=O)ON2C(=O)CC(S(=O)(=O)[O-])C2=O)cc1.[Na+]. The van der Waals surface area contributed by atoms with E-state index in [-0.39, 0.29) is 57.7 Å². The fourth-order valence-corrected chi connectivity index (χ4v) is 4.34. The van der Waals surface area contributed by atoms with Crippen LogP contribution in [0.1, 0.15) is 58.3 Å². The third-order valence-corrected chi connectivity index (χ3v) is 7.05. The van der Waals surface area contributed by atoms with Gasteiger partial charge in [0.2, 0.25) is 0 Å². The predicted octanol–water partition coefficient (Wildman–Crippen LogP) is 0.739. The zero-order chi connectivity index (χ0) is 39.3. The molecule has 0 aromatic heterocycles. The van der Waals surface area contributed by atoms with Gasteiger partial charge in [-0.25, -0.2) is 13.2 Å². The van der Waals surface area contributed by atoms with Crippen LogP contribution in [0.15, 0.2) is 83.0 Å². The molecule has 6 N–H and O–H groups in total. The minimum atomic E-state index is -5.03. The number of anilines is 1. The maximum Gasteiger partial charge on any atom is 1.00 e. The van der Waals surface area contributed by atoms with Crippen molar-refractivity contribution in [2.45, 2.75) is 32.4 Å². The molecular weight excluding hydrogens is 725 g/mol. The van der Waals surface area contributed by atoms with Gasteiger partial charge in [0.15, 0.2) is 0 Å². The number of imide groups is 1. The molecule has 0 saturated carbocycles. The van der Waals surface area contributed by atoms with Crippen molar-refractivity contribution in [3.8, 4) is 0 Å². The van der Waals surface area contributed by atoms with Crippen LogP contribution in [0.3, 0.4) is 0 Å². The third kappa shape index (κ3) is 16.6. The molecule has 0 aliphatic carbocycles. The van der Waals surface area contributed by atoms with E-state index in [1.807, 2.05) is 20.8 Å². The Labute approximate surface area is 326 Å². The monoisotopic (exact) mass is 761 g/mol. The number of hydroxylamine groups is 2. The summed E-state index contributed by atoms with van der Waals surface area (Å²) < 4.78 is 32.6. The fraction of sp³-hybridized carbons (Fsp3) is 0.258. The maximum absolute atomic E-state index is 11.8. The summed E-state index contributed by atoms with van der Waals surface area (Å²) in [5.74, 6) is -3.83. The number of nitrogens with two attached hydrogens (primary N) is 2. The number of nitrogens with one attached hydrogen (secondary N) is 2. The fourth-order valence-electron chi connectivity index (χ4n) is 3.65. The summed E-state index contributed by atoms with van der Waals surface area (Å²) in [6.45, 7) is 7.63. The molecule has 3 aromatic carbocycles. The van der Waals surface area contributed by atoms with Gasteiger partial charge in [0.1, 0.15) is 15.4 Å². The summed E-state index contributed by atoms with van der Waals surface area (Å²) in [6, 6.07) is 18.3. The largest absolute Gasteiger partial charge is 1.00 e. The molecule has 1 saturated heterocycles. The number of amides is 4. The molecule has 1 aliphatic rings. The molecule has 1 atom stereocenters. The van der Waals surface area contributed by atoms with E-state index in [4.69, 9.17) is 22.5 Å². The van der Waals surface area contributed by atoms with Gasteiger partial charge in [-0.05, 0) is 80.0 Å². The first kappa shape index (κ1) is 47.5. The van der Waals surface area contributed by atoms with Gasteiger partial charge in [-0.1, -0.05) is 41.4 Å². The third-order valence-electron chi connectivity index (χ3n) is 5.99. The molecule has 53 heavy (non-hydrogen) atoms. The summed E-state index contributed by atoms with van der Waals surface area (Å²) in [5.41, 5.74) is 29.2. The van der Waals surface area contributed by atoms with Gasteiger partial charge in [-0.15, -0.1) is 5.06 Å². The van der Waals surface area contributed by atoms with Crippen molar-refractivity contribution in [1.82, 2.24) is 15.7 Å². The Bertz CT molecular complexity index is 1900. The summed E-state index contributed by atoms with van der Waals surface area (Å²) in [7, 11) is -5.03. The number of azide groups is 2. The number of carbonyl (C=O) groups is 5. The van der Waals surface area contributed by atoms with E-state index < -0.39 is 39.6 Å². The molecule has 4 rings (SSSR count). The maximum atomic E-state index is 11.8. The van der Waals surface area contributed by atoms with Crippen molar-refractivity contribution in [2.24, 2.45) is 16.0 Å². The average molecular weight is 762 g/mol. The molecule has 4 amide bonds. The molecule has 1 heterocycles. The van der Waals surface area contributed by atoms with E-state index >= 15 is 0 Å². The van der Waals surface area contributed by atoms with Crippen LogP contribution in [0, 0.1) is 0 Å². The van der Waals surface area contributed by atoms with E-state index in [1.165, 1.54) is 24.3 Å². The molecule has 20 nitrogen and oxygen atoms in total. The first-order chi connectivity index (χ1) is 24.7. The van der Waals surface area contributed by atoms with E-state index in [1.54, 1.807) is 48.5 Å². The van der Waals surface area contributed by atoms with Crippen molar-refractivity contribution in [2.75, 3.05) is 25.4 Å². The molecule has 1 fully saturated rings. The van der Waals surface area contributed by atoms with Crippen LogP contribution in [0.4, 0.5) is 17.1 Å². The second-order valence-electron chi connectivity index (χ2n) is 9.81. The van der Waals surface area contributed by atoms with Crippen LogP contribution in [-0.2, 0) is 24.5 Å². The van der Waals surface area contributed by atoms with Crippen LogP contribution in [0.2, 0.25) is 0 Å². The van der Waals surface area contributed by atoms with E-state index in [9.17, 15) is 36.9 Å². The van der Waals surface area contributed by atoms with Crippen LogP contribution >= 0.6 is 0 Å². The van der Waals surface area contributed by atoms with Gasteiger partial charge in [0.05, 0.1) is 12.0 Å². The second-order valence-corrected chi connectivity index (χ2v) is 11.4. The molecule has 1 unspecified atom stereocenters.